The van der Waals surface area contributed by atoms with Gasteiger partial charge in [0.2, 0.25) is 0 Å². The Balaban J connectivity index is 1.10. The van der Waals surface area contributed by atoms with E-state index in [9.17, 15) is 9.18 Å². The number of ether oxygens (including phenoxy) is 2. The highest BCUT2D eigenvalue weighted by Crippen LogP contribution is 2.39. The van der Waals surface area contributed by atoms with Gasteiger partial charge in [0.15, 0.2) is 47.5 Å². The van der Waals surface area contributed by atoms with Gasteiger partial charge in [0, 0.05) is 28.1 Å². The zero-order valence-corrected chi connectivity index (χ0v) is 33.2. The quantitative estimate of drug-likeness (QED) is 0.0607. The second-order valence-electron chi connectivity index (χ2n) is 14.1. The van der Waals surface area contributed by atoms with Crippen LogP contribution in [-0.4, -0.2) is 61.3 Å². The van der Waals surface area contributed by atoms with Gasteiger partial charge in [0.25, 0.3) is 0 Å². The number of carbonyl (C=O) groups is 1. The number of aromatic nitrogens is 4. The number of hydrogen-bond donors (Lipinski definition) is 1. The molecule has 272 valence electrons. The van der Waals surface area contributed by atoms with Crippen molar-refractivity contribution in [1.82, 2.24) is 20.2 Å². The molecule has 0 amide bonds. The van der Waals surface area contributed by atoms with E-state index in [1.54, 1.807) is 23.5 Å². The number of nitrogens with one attached hydrogen (secondary N) is 1. The van der Waals surface area contributed by atoms with Crippen molar-refractivity contribution in [2.24, 2.45) is 0 Å². The van der Waals surface area contributed by atoms with Gasteiger partial charge < -0.3 is 24.1 Å². The molecule has 0 fully saturated rings. The maximum absolute atomic E-state index is 14.9. The lowest BCUT2D eigenvalue weighted by atomic mass is 10.0. The van der Waals surface area contributed by atoms with Crippen molar-refractivity contribution in [3.8, 4) is 17.6 Å². The molecule has 1 aliphatic rings. The van der Waals surface area contributed by atoms with Crippen LogP contribution >= 0.6 is 22.7 Å². The van der Waals surface area contributed by atoms with E-state index in [0.29, 0.717) is 42.5 Å². The van der Waals surface area contributed by atoms with Crippen molar-refractivity contribution in [2.45, 2.75) is 71.5 Å². The predicted molar refractivity (Wildman–Crippen MR) is 209 cm³/mol. The van der Waals surface area contributed by atoms with Gasteiger partial charge in [-0.1, -0.05) is 56.1 Å². The Morgan fingerprint density at radius 2 is 1.92 bits per heavy atom. The number of rotatable bonds is 11. The number of methoxy groups -OCH3 is 1. The summed E-state index contributed by atoms with van der Waals surface area (Å²) in [5.74, 6) is 6.56. The number of hydrogen-bond acceptors (Lipinski definition) is 12. The molecule has 5 aromatic rings. The van der Waals surface area contributed by atoms with Crippen molar-refractivity contribution < 1.29 is 23.1 Å². The Hall–Kier alpha value is -4.42. The van der Waals surface area contributed by atoms with E-state index in [0.717, 1.165) is 50.0 Å². The third-order valence-electron chi connectivity index (χ3n) is 9.48. The third kappa shape index (κ3) is 8.28. The zero-order chi connectivity index (χ0) is 37.0. The molecule has 1 N–H and O–H groups in total. The monoisotopic (exact) mass is 758 g/mol. The van der Waals surface area contributed by atoms with E-state index in [2.05, 4.69) is 66.2 Å². The van der Waals surface area contributed by atoms with Crippen LogP contribution in [0.2, 0.25) is 18.1 Å². The fraction of sp³-hybridized carbons (Fsp3) is 0.395. The summed E-state index contributed by atoms with van der Waals surface area (Å²) in [4.78, 5) is 25.0. The van der Waals surface area contributed by atoms with E-state index < -0.39 is 20.1 Å². The van der Waals surface area contributed by atoms with Crippen LogP contribution in [0.15, 0.2) is 42.5 Å². The van der Waals surface area contributed by atoms with E-state index in [4.69, 9.17) is 18.9 Å². The van der Waals surface area contributed by atoms with Crippen molar-refractivity contribution in [3.05, 3.63) is 75.5 Å². The van der Waals surface area contributed by atoms with E-state index >= 15 is 0 Å². The smallest absolute Gasteiger partial charge is 0.357 e. The van der Waals surface area contributed by atoms with Crippen molar-refractivity contribution >= 4 is 69.1 Å². The molecule has 3 aromatic heterocycles. The molecule has 0 atom stereocenters. The van der Waals surface area contributed by atoms with Crippen molar-refractivity contribution in [1.29, 1.82) is 0 Å². The molecule has 0 unspecified atom stereocenters. The highest BCUT2D eigenvalue weighted by atomic mass is 32.1. The molecule has 52 heavy (non-hydrogen) atoms. The van der Waals surface area contributed by atoms with Crippen LogP contribution in [0.1, 0.15) is 65.7 Å². The van der Waals surface area contributed by atoms with E-state index in [1.165, 1.54) is 24.5 Å². The number of thiazole rings is 2. The first-order valence-corrected chi connectivity index (χ1v) is 21.8. The number of nitrogens with zero attached hydrogens (tertiary/aromatic N) is 5. The minimum atomic E-state index is -1.90. The molecule has 2 aromatic carbocycles. The van der Waals surface area contributed by atoms with Crippen LogP contribution in [0.25, 0.3) is 10.2 Å². The van der Waals surface area contributed by atoms with Gasteiger partial charge in [-0.3, -0.25) is 0 Å². The molecule has 6 rings (SSSR count). The summed E-state index contributed by atoms with van der Waals surface area (Å²) >= 11 is 2.99. The second kappa shape index (κ2) is 15.7. The highest BCUT2D eigenvalue weighted by Gasteiger charge is 2.36. The Labute approximate surface area is 312 Å². The first-order valence-electron chi connectivity index (χ1n) is 17.2. The minimum Gasteiger partial charge on any atom is -0.491 e. The Morgan fingerprint density at radius 1 is 1.12 bits per heavy atom. The van der Waals surface area contributed by atoms with Gasteiger partial charge in [0.1, 0.15) is 0 Å². The highest BCUT2D eigenvalue weighted by molar-refractivity contribution is 7.22. The number of fused-ring (bicyclic) bond motifs is 2. The standard InChI is InChI=1S/C38H43FN6O4S2Si/c1-24-26-14-10-20-45(34(26)44-43-33(24)42-36-40-28-15-8-9-16-30(28)50-36)37-41-32(35(46)47-5)31(51-37)17-12-21-48-29-19-18-25(23-27(29)39)13-11-22-49-52(6,7)38(2,3)4/h8-9,15-16,18-19,23H,10,12,14,17,20-22H2,1-7H3,(H,40,42,43). The maximum Gasteiger partial charge on any atom is 0.357 e. The molecular weight excluding hydrogens is 716 g/mol. The van der Waals surface area contributed by atoms with Crippen LogP contribution in [0, 0.1) is 24.6 Å². The van der Waals surface area contributed by atoms with Crippen LogP contribution in [0.5, 0.6) is 5.75 Å². The zero-order valence-electron chi connectivity index (χ0n) is 30.6. The summed E-state index contributed by atoms with van der Waals surface area (Å²) in [6.45, 7) is 14.2. The van der Waals surface area contributed by atoms with Gasteiger partial charge in [-0.25, -0.2) is 19.2 Å². The number of anilines is 4. The largest absolute Gasteiger partial charge is 0.491 e. The van der Waals surface area contributed by atoms with Crippen LogP contribution in [0.4, 0.5) is 26.3 Å². The summed E-state index contributed by atoms with van der Waals surface area (Å²) in [5, 5.41) is 14.0. The van der Waals surface area contributed by atoms with E-state index in [1.807, 2.05) is 36.1 Å². The summed E-state index contributed by atoms with van der Waals surface area (Å²) in [7, 11) is -0.552. The molecule has 0 saturated carbocycles. The maximum atomic E-state index is 14.9. The Bertz CT molecular complexity index is 2120. The molecule has 0 radical (unpaired) electrons. The lowest BCUT2D eigenvalue weighted by Gasteiger charge is -2.35. The first kappa shape index (κ1) is 37.3. The van der Waals surface area contributed by atoms with Gasteiger partial charge in [-0.15, -0.1) is 21.5 Å². The number of para-hydroxylation sites is 1. The van der Waals surface area contributed by atoms with Crippen LogP contribution in [-0.2, 0) is 22.0 Å². The Morgan fingerprint density at radius 3 is 2.67 bits per heavy atom. The number of carbonyl (C=O) groups excluding carboxylic acids is 1. The molecule has 0 spiro atoms. The van der Waals surface area contributed by atoms with Gasteiger partial charge in [-0.2, -0.15) is 0 Å². The molecule has 4 heterocycles. The Kier molecular flexibility index (Phi) is 11.3. The van der Waals surface area contributed by atoms with Crippen LogP contribution < -0.4 is 15.0 Å². The number of benzene rings is 2. The number of aryl methyl sites for hydroxylation is 1. The number of halogens is 1. The summed E-state index contributed by atoms with van der Waals surface area (Å²) < 4.78 is 33.0. The molecule has 14 heteroatoms. The van der Waals surface area contributed by atoms with Crippen molar-refractivity contribution in [3.63, 3.8) is 0 Å². The second-order valence-corrected chi connectivity index (χ2v) is 21.0. The van der Waals surface area contributed by atoms with Gasteiger partial charge in [-0.05, 0) is 81.1 Å². The van der Waals surface area contributed by atoms with Crippen LogP contribution in [0.3, 0.4) is 0 Å². The molecule has 0 saturated heterocycles. The SMILES string of the molecule is COC(=O)c1nc(N2CCCc3c2nnc(Nc2nc4ccccc4s2)c3C)sc1CCCOc1ccc(C#CCO[Si](C)(C)C(C)(C)C)cc1F. The fourth-order valence-electron chi connectivity index (χ4n) is 5.47. The molecular formula is C38H43FN6O4S2Si. The fourth-order valence-corrected chi connectivity index (χ4v) is 8.32. The topological polar surface area (TPSA) is 112 Å². The summed E-state index contributed by atoms with van der Waals surface area (Å²) in [6.07, 6.45) is 2.76. The normalized spacial score (nSPS) is 13.0. The molecule has 0 bridgehead atoms. The summed E-state index contributed by atoms with van der Waals surface area (Å²) in [6, 6.07) is 12.7. The first-order chi connectivity index (χ1) is 24.8. The summed E-state index contributed by atoms with van der Waals surface area (Å²) in [5.41, 5.74) is 3.83. The molecule has 10 nitrogen and oxygen atoms in total. The third-order valence-corrected chi connectivity index (χ3v) is 16.1. The predicted octanol–water partition coefficient (Wildman–Crippen LogP) is 8.99. The lowest BCUT2D eigenvalue weighted by Crippen LogP contribution is -2.40. The van der Waals surface area contributed by atoms with Gasteiger partial charge >= 0.3 is 5.97 Å². The van der Waals surface area contributed by atoms with E-state index in [-0.39, 0.29) is 23.1 Å². The number of esters is 1. The average Bonchev–Trinajstić information content (AvgIpc) is 3.73. The lowest BCUT2D eigenvalue weighted by molar-refractivity contribution is 0.0593. The molecule has 1 aliphatic heterocycles. The minimum absolute atomic E-state index is 0.0967. The average molecular weight is 759 g/mol. The van der Waals surface area contributed by atoms with Gasteiger partial charge in [0.05, 0.1) is 30.5 Å². The molecule has 0 aliphatic carbocycles. The van der Waals surface area contributed by atoms with Crippen molar-refractivity contribution in [2.75, 3.05) is 37.1 Å².